The highest BCUT2D eigenvalue weighted by Crippen LogP contribution is 2.34. The Balaban J connectivity index is 1.54. The Morgan fingerprint density at radius 1 is 1.00 bits per heavy atom. The Kier molecular flexibility index (Phi) is 6.10. The second-order valence-corrected chi connectivity index (χ2v) is 7.80. The number of rotatable bonds is 5. The molecule has 1 N–H and O–H groups in total. The van der Waals surface area contributed by atoms with Crippen LogP contribution in [0.25, 0.3) is 0 Å². The Morgan fingerprint density at radius 3 is 2.50 bits per heavy atom. The van der Waals surface area contributed by atoms with Crippen molar-refractivity contribution in [3.63, 3.8) is 0 Å². The Morgan fingerprint density at radius 2 is 1.77 bits per heavy atom. The fraction of sp³-hybridized carbons (Fsp3) is 0.208. The zero-order valence-electron chi connectivity index (χ0n) is 16.4. The number of likely N-dealkylation sites (tertiary alicyclic amines) is 1. The first-order chi connectivity index (χ1) is 14.6. The molecule has 0 radical (unpaired) electrons. The number of hydrogen-bond acceptors (Lipinski definition) is 3. The van der Waals surface area contributed by atoms with Gasteiger partial charge in [-0.1, -0.05) is 60.1 Å². The zero-order chi connectivity index (χ0) is 20.9. The van der Waals surface area contributed by atoms with E-state index in [9.17, 15) is 9.59 Å². The number of benzene rings is 2. The minimum absolute atomic E-state index is 0.0674. The van der Waals surface area contributed by atoms with Crippen LogP contribution >= 0.6 is 11.6 Å². The van der Waals surface area contributed by atoms with Crippen molar-refractivity contribution in [1.29, 1.82) is 0 Å². The third kappa shape index (κ3) is 4.36. The first-order valence-electron chi connectivity index (χ1n) is 9.89. The first-order valence-corrected chi connectivity index (χ1v) is 10.3. The van der Waals surface area contributed by atoms with E-state index >= 15 is 0 Å². The summed E-state index contributed by atoms with van der Waals surface area (Å²) >= 11 is 6.23. The molecule has 0 bridgehead atoms. The van der Waals surface area contributed by atoms with E-state index in [1.165, 1.54) is 0 Å². The van der Waals surface area contributed by atoms with Gasteiger partial charge in [0.2, 0.25) is 5.91 Å². The first kappa shape index (κ1) is 20.1. The van der Waals surface area contributed by atoms with Crippen molar-refractivity contribution < 1.29 is 9.59 Å². The third-order valence-corrected chi connectivity index (χ3v) is 5.79. The lowest BCUT2D eigenvalue weighted by Crippen LogP contribution is -2.35. The van der Waals surface area contributed by atoms with Gasteiger partial charge in [0, 0.05) is 37.9 Å². The fourth-order valence-corrected chi connectivity index (χ4v) is 4.12. The number of carbonyl (C=O) groups excluding carboxylic acids is 2. The van der Waals surface area contributed by atoms with Crippen molar-refractivity contribution in [3.05, 3.63) is 101 Å². The van der Waals surface area contributed by atoms with E-state index in [0.29, 0.717) is 30.2 Å². The molecule has 3 aromatic rings. The lowest BCUT2D eigenvalue weighted by molar-refractivity contribution is -0.125. The van der Waals surface area contributed by atoms with Crippen LogP contribution in [-0.2, 0) is 11.3 Å². The maximum Gasteiger partial charge on any atom is 0.255 e. The number of nitrogens with zero attached hydrogens (tertiary/aromatic N) is 2. The second-order valence-electron chi connectivity index (χ2n) is 7.39. The average molecular weight is 420 g/mol. The highest BCUT2D eigenvalue weighted by atomic mass is 35.5. The molecular weight excluding hydrogens is 398 g/mol. The van der Waals surface area contributed by atoms with Gasteiger partial charge in [-0.05, 0) is 29.3 Å². The summed E-state index contributed by atoms with van der Waals surface area (Å²) in [7, 11) is 0. The number of carbonyl (C=O) groups is 2. The van der Waals surface area contributed by atoms with Gasteiger partial charge < -0.3 is 10.2 Å². The van der Waals surface area contributed by atoms with Gasteiger partial charge in [0.15, 0.2) is 0 Å². The summed E-state index contributed by atoms with van der Waals surface area (Å²) in [6.07, 6.45) is 3.43. The van der Waals surface area contributed by atoms with Gasteiger partial charge in [-0.3, -0.25) is 14.6 Å². The van der Waals surface area contributed by atoms with Gasteiger partial charge >= 0.3 is 0 Å². The number of amides is 2. The Hall–Kier alpha value is -3.18. The quantitative estimate of drug-likeness (QED) is 0.682. The number of hydrogen-bond donors (Lipinski definition) is 1. The lowest BCUT2D eigenvalue weighted by Gasteiger charge is -2.18. The highest BCUT2D eigenvalue weighted by Gasteiger charge is 2.40. The lowest BCUT2D eigenvalue weighted by atomic mass is 9.88. The van der Waals surface area contributed by atoms with Gasteiger partial charge in [0.1, 0.15) is 0 Å². The summed E-state index contributed by atoms with van der Waals surface area (Å²) in [6, 6.07) is 20.7. The van der Waals surface area contributed by atoms with E-state index in [1.54, 1.807) is 41.6 Å². The standard InChI is InChI=1S/C24H22ClN3O2/c25-22-11-5-4-10-19(22)24(30)28-15-20(18-8-2-1-3-9-18)21(16-28)23(29)27-14-17-7-6-12-26-13-17/h1-13,20-21H,14-16H2,(H,27,29)/t20-,21-/m0/s1. The maximum atomic E-state index is 13.1. The van der Waals surface area contributed by atoms with Gasteiger partial charge in [0.25, 0.3) is 5.91 Å². The molecule has 0 aliphatic carbocycles. The third-order valence-electron chi connectivity index (χ3n) is 5.47. The van der Waals surface area contributed by atoms with E-state index in [2.05, 4.69) is 10.3 Å². The molecule has 4 rings (SSSR count). The Labute approximate surface area is 180 Å². The van der Waals surface area contributed by atoms with Gasteiger partial charge in [-0.15, -0.1) is 0 Å². The molecular formula is C24H22ClN3O2. The van der Waals surface area contributed by atoms with Crippen molar-refractivity contribution in [2.24, 2.45) is 5.92 Å². The van der Waals surface area contributed by atoms with Crippen LogP contribution in [0.15, 0.2) is 79.1 Å². The van der Waals surface area contributed by atoms with Crippen molar-refractivity contribution in [1.82, 2.24) is 15.2 Å². The van der Waals surface area contributed by atoms with Crippen LogP contribution in [0.3, 0.4) is 0 Å². The number of nitrogens with one attached hydrogen (secondary N) is 1. The molecule has 30 heavy (non-hydrogen) atoms. The van der Waals surface area contributed by atoms with E-state index < -0.39 is 0 Å². The summed E-state index contributed by atoms with van der Waals surface area (Å²) in [6.45, 7) is 1.23. The maximum absolute atomic E-state index is 13.1. The van der Waals surface area contributed by atoms with Crippen LogP contribution in [0.1, 0.15) is 27.4 Å². The molecule has 0 spiro atoms. The molecule has 1 saturated heterocycles. The summed E-state index contributed by atoms with van der Waals surface area (Å²) in [5.41, 5.74) is 2.44. The molecule has 5 nitrogen and oxygen atoms in total. The molecule has 2 atom stereocenters. The van der Waals surface area contributed by atoms with Crippen molar-refractivity contribution in [3.8, 4) is 0 Å². The van der Waals surface area contributed by atoms with Crippen LogP contribution in [0.4, 0.5) is 0 Å². The molecule has 1 fully saturated rings. The molecule has 1 aliphatic heterocycles. The molecule has 0 saturated carbocycles. The summed E-state index contributed by atoms with van der Waals surface area (Å²) in [4.78, 5) is 32.0. The molecule has 1 aromatic heterocycles. The molecule has 152 valence electrons. The predicted octanol–water partition coefficient (Wildman–Crippen LogP) is 3.91. The van der Waals surface area contributed by atoms with E-state index in [0.717, 1.165) is 11.1 Å². The second kappa shape index (κ2) is 9.09. The van der Waals surface area contributed by atoms with Gasteiger partial charge in [-0.25, -0.2) is 0 Å². The van der Waals surface area contributed by atoms with Crippen LogP contribution in [0.5, 0.6) is 0 Å². The molecule has 0 unspecified atom stereocenters. The highest BCUT2D eigenvalue weighted by molar-refractivity contribution is 6.33. The minimum atomic E-state index is -0.337. The van der Waals surface area contributed by atoms with Crippen molar-refractivity contribution in [2.75, 3.05) is 13.1 Å². The largest absolute Gasteiger partial charge is 0.352 e. The monoisotopic (exact) mass is 419 g/mol. The Bertz CT molecular complexity index is 1030. The predicted molar refractivity (Wildman–Crippen MR) is 116 cm³/mol. The van der Waals surface area contributed by atoms with Gasteiger partial charge in [0.05, 0.1) is 16.5 Å². The van der Waals surface area contributed by atoms with E-state index in [4.69, 9.17) is 11.6 Å². The number of pyridine rings is 1. The molecule has 2 heterocycles. The van der Waals surface area contributed by atoms with Crippen LogP contribution in [0.2, 0.25) is 5.02 Å². The van der Waals surface area contributed by atoms with Crippen molar-refractivity contribution in [2.45, 2.75) is 12.5 Å². The van der Waals surface area contributed by atoms with E-state index in [1.807, 2.05) is 42.5 Å². The fourth-order valence-electron chi connectivity index (χ4n) is 3.90. The molecule has 1 aliphatic rings. The SMILES string of the molecule is O=C(NCc1cccnc1)[C@H]1CN(C(=O)c2ccccc2Cl)C[C@H]1c1ccccc1. The normalized spacial score (nSPS) is 18.2. The number of halogens is 1. The molecule has 2 amide bonds. The zero-order valence-corrected chi connectivity index (χ0v) is 17.1. The summed E-state index contributed by atoms with van der Waals surface area (Å²) in [5, 5.41) is 3.43. The smallest absolute Gasteiger partial charge is 0.255 e. The van der Waals surface area contributed by atoms with Crippen molar-refractivity contribution >= 4 is 23.4 Å². The van der Waals surface area contributed by atoms with Crippen LogP contribution in [0, 0.1) is 5.92 Å². The summed E-state index contributed by atoms with van der Waals surface area (Å²) in [5.74, 6) is -0.631. The average Bonchev–Trinajstić information content (AvgIpc) is 3.24. The minimum Gasteiger partial charge on any atom is -0.352 e. The van der Waals surface area contributed by atoms with Crippen LogP contribution < -0.4 is 5.32 Å². The topological polar surface area (TPSA) is 62.3 Å². The van der Waals surface area contributed by atoms with Gasteiger partial charge in [-0.2, -0.15) is 0 Å². The number of aromatic nitrogens is 1. The van der Waals surface area contributed by atoms with Crippen LogP contribution in [-0.4, -0.2) is 34.8 Å². The molecule has 6 heteroatoms. The summed E-state index contributed by atoms with van der Waals surface area (Å²) < 4.78 is 0. The van der Waals surface area contributed by atoms with E-state index in [-0.39, 0.29) is 23.7 Å². The molecule has 2 aromatic carbocycles.